The third-order valence-electron chi connectivity index (χ3n) is 2.99. The Hall–Kier alpha value is -2.04. The number of carboxylic acids is 1. The van der Waals surface area contributed by atoms with Crippen molar-refractivity contribution < 1.29 is 24.9 Å². The fraction of sp³-hybridized carbons (Fsp3) is 0.429. The van der Waals surface area contributed by atoms with Crippen LogP contribution in [-0.4, -0.2) is 27.1 Å². The molecule has 0 fully saturated rings. The van der Waals surface area contributed by atoms with E-state index in [9.17, 15) is 19.8 Å². The Balaban J connectivity index is 3.40. The van der Waals surface area contributed by atoms with Crippen LogP contribution in [0.5, 0.6) is 11.5 Å². The molecule has 0 heterocycles. The molecule has 0 radical (unpaired) electrons. The van der Waals surface area contributed by atoms with Gasteiger partial charge >= 0.3 is 5.97 Å². The van der Waals surface area contributed by atoms with Gasteiger partial charge in [-0.15, -0.1) is 0 Å². The van der Waals surface area contributed by atoms with E-state index < -0.39 is 17.5 Å². The van der Waals surface area contributed by atoms with Gasteiger partial charge in [0.1, 0.15) is 17.1 Å². The fourth-order valence-electron chi connectivity index (χ4n) is 2.14. The summed E-state index contributed by atoms with van der Waals surface area (Å²) in [4.78, 5) is 22.8. The predicted octanol–water partition coefficient (Wildman–Crippen LogP) is 2.73. The van der Waals surface area contributed by atoms with Gasteiger partial charge in [0.05, 0.1) is 5.56 Å². The van der Waals surface area contributed by atoms with Crippen LogP contribution >= 0.6 is 0 Å². The van der Waals surface area contributed by atoms with E-state index in [1.54, 1.807) is 0 Å². The van der Waals surface area contributed by atoms with Gasteiger partial charge < -0.3 is 15.3 Å². The van der Waals surface area contributed by atoms with Gasteiger partial charge in [0.25, 0.3) is 0 Å². The molecule has 0 spiro atoms. The number of unbranched alkanes of at least 4 members (excludes halogenated alkanes) is 2. The molecule has 0 aliphatic rings. The Morgan fingerprint density at radius 2 is 1.68 bits per heavy atom. The summed E-state index contributed by atoms with van der Waals surface area (Å²) in [5.41, 5.74) is -0.0867. The largest absolute Gasteiger partial charge is 0.507 e. The number of hydrogen-bond donors (Lipinski definition) is 3. The lowest BCUT2D eigenvalue weighted by atomic mass is 9.92. The van der Waals surface area contributed by atoms with Crippen LogP contribution in [-0.2, 0) is 6.42 Å². The van der Waals surface area contributed by atoms with E-state index >= 15 is 0 Å². The average Bonchev–Trinajstić information content (AvgIpc) is 2.27. The summed E-state index contributed by atoms with van der Waals surface area (Å²) in [6, 6.07) is 0.906. The van der Waals surface area contributed by atoms with E-state index in [2.05, 4.69) is 0 Å². The highest BCUT2D eigenvalue weighted by molar-refractivity contribution is 6.03. The van der Waals surface area contributed by atoms with Crippen LogP contribution in [0, 0.1) is 0 Å². The first-order chi connectivity index (χ1) is 8.90. The number of phenols is 2. The van der Waals surface area contributed by atoms with Crippen LogP contribution in [0.4, 0.5) is 0 Å². The van der Waals surface area contributed by atoms with Gasteiger partial charge in [0, 0.05) is 6.07 Å². The van der Waals surface area contributed by atoms with Gasteiger partial charge in [-0.25, -0.2) is 4.79 Å². The van der Waals surface area contributed by atoms with Gasteiger partial charge in [0.2, 0.25) is 0 Å². The Kier molecular flexibility index (Phi) is 4.92. The molecule has 0 saturated carbocycles. The zero-order valence-corrected chi connectivity index (χ0v) is 11.1. The molecule has 0 bridgehead atoms. The molecule has 5 nitrogen and oxygen atoms in total. The topological polar surface area (TPSA) is 94.8 Å². The van der Waals surface area contributed by atoms with E-state index in [1.165, 1.54) is 6.92 Å². The summed E-state index contributed by atoms with van der Waals surface area (Å²) in [6.07, 6.45) is 2.86. The number of ketones is 1. The van der Waals surface area contributed by atoms with Crippen LogP contribution in [0.15, 0.2) is 6.07 Å². The lowest BCUT2D eigenvalue weighted by Crippen LogP contribution is -2.10. The van der Waals surface area contributed by atoms with E-state index in [0.29, 0.717) is 12.8 Å². The van der Waals surface area contributed by atoms with Crippen LogP contribution in [0.3, 0.4) is 0 Å². The molecule has 19 heavy (non-hydrogen) atoms. The van der Waals surface area contributed by atoms with Crippen molar-refractivity contribution in [2.75, 3.05) is 0 Å². The highest BCUT2D eigenvalue weighted by atomic mass is 16.4. The second-order valence-corrected chi connectivity index (χ2v) is 4.46. The SMILES string of the molecule is CCCCCc1c(C(C)=O)c(O)cc(O)c1C(=O)O. The highest BCUT2D eigenvalue weighted by Gasteiger charge is 2.24. The molecule has 0 aliphatic heterocycles. The highest BCUT2D eigenvalue weighted by Crippen LogP contribution is 2.33. The smallest absolute Gasteiger partial charge is 0.339 e. The standard InChI is InChI=1S/C14H18O5/c1-3-4-5-6-9-12(8(2)15)10(16)7-11(17)13(9)14(18)19/h7,16-17H,3-6H2,1-2H3,(H,18,19). The molecule has 1 aromatic carbocycles. The van der Waals surface area contributed by atoms with Crippen LogP contribution in [0.2, 0.25) is 0 Å². The molecule has 0 aromatic heterocycles. The lowest BCUT2D eigenvalue weighted by Gasteiger charge is -2.14. The maximum absolute atomic E-state index is 11.6. The molecule has 5 heteroatoms. The van der Waals surface area contributed by atoms with Crippen molar-refractivity contribution in [1.29, 1.82) is 0 Å². The number of carbonyl (C=O) groups is 2. The summed E-state index contributed by atoms with van der Waals surface area (Å²) < 4.78 is 0. The van der Waals surface area contributed by atoms with E-state index in [4.69, 9.17) is 5.11 Å². The molecule has 3 N–H and O–H groups in total. The number of aromatic carboxylic acids is 1. The second kappa shape index (κ2) is 6.22. The molecule has 104 valence electrons. The number of benzene rings is 1. The summed E-state index contributed by atoms with van der Waals surface area (Å²) >= 11 is 0. The van der Waals surface area contributed by atoms with E-state index in [1.807, 2.05) is 6.92 Å². The molecule has 0 aliphatic carbocycles. The quantitative estimate of drug-likeness (QED) is 0.543. The van der Waals surface area contributed by atoms with Gasteiger partial charge in [-0.1, -0.05) is 19.8 Å². The molecule has 0 atom stereocenters. The lowest BCUT2D eigenvalue weighted by molar-refractivity contribution is 0.0692. The number of Topliss-reactive ketones (excluding diaryl/α,β-unsaturated/α-hetero) is 1. The maximum Gasteiger partial charge on any atom is 0.339 e. The number of aromatic hydroxyl groups is 2. The van der Waals surface area contributed by atoms with Crippen molar-refractivity contribution in [3.63, 3.8) is 0 Å². The predicted molar refractivity (Wildman–Crippen MR) is 70.0 cm³/mol. The summed E-state index contributed by atoms with van der Waals surface area (Å²) in [5, 5.41) is 28.5. The van der Waals surface area contributed by atoms with Crippen molar-refractivity contribution in [3.8, 4) is 11.5 Å². The van der Waals surface area contributed by atoms with Crippen molar-refractivity contribution in [2.45, 2.75) is 39.5 Å². The first kappa shape index (κ1) is 15.0. The number of carboxylic acid groups (broad SMARTS) is 1. The summed E-state index contributed by atoms with van der Waals surface area (Å²) in [6.45, 7) is 3.27. The van der Waals surface area contributed by atoms with Crippen molar-refractivity contribution >= 4 is 11.8 Å². The monoisotopic (exact) mass is 266 g/mol. The zero-order valence-electron chi connectivity index (χ0n) is 11.1. The Morgan fingerprint density at radius 3 is 2.16 bits per heavy atom. The summed E-state index contributed by atoms with van der Waals surface area (Å²) in [7, 11) is 0. The molecule has 0 saturated heterocycles. The number of phenolic OH excluding ortho intramolecular Hbond substituents is 1. The normalized spacial score (nSPS) is 10.4. The minimum absolute atomic E-state index is 0.00805. The summed E-state index contributed by atoms with van der Waals surface area (Å²) in [5.74, 6) is -2.60. The zero-order chi connectivity index (χ0) is 14.6. The second-order valence-electron chi connectivity index (χ2n) is 4.46. The first-order valence-corrected chi connectivity index (χ1v) is 6.22. The number of carbonyl (C=O) groups excluding carboxylic acids is 1. The minimum Gasteiger partial charge on any atom is -0.507 e. The molecule has 1 aromatic rings. The molecule has 1 rings (SSSR count). The van der Waals surface area contributed by atoms with Gasteiger partial charge in [-0.2, -0.15) is 0 Å². The van der Waals surface area contributed by atoms with E-state index in [-0.39, 0.29) is 22.4 Å². The maximum atomic E-state index is 11.6. The third kappa shape index (κ3) is 3.24. The number of rotatable bonds is 6. The average molecular weight is 266 g/mol. The minimum atomic E-state index is -1.30. The first-order valence-electron chi connectivity index (χ1n) is 6.22. The molecule has 0 unspecified atom stereocenters. The third-order valence-corrected chi connectivity index (χ3v) is 2.99. The Labute approximate surface area is 111 Å². The van der Waals surface area contributed by atoms with Crippen molar-refractivity contribution in [3.05, 3.63) is 22.8 Å². The fourth-order valence-corrected chi connectivity index (χ4v) is 2.14. The Bertz CT molecular complexity index is 467. The van der Waals surface area contributed by atoms with Crippen molar-refractivity contribution in [1.82, 2.24) is 0 Å². The Morgan fingerprint density at radius 1 is 1.11 bits per heavy atom. The van der Waals surface area contributed by atoms with Gasteiger partial charge in [-0.05, 0) is 25.3 Å². The molecular formula is C14H18O5. The molecular weight excluding hydrogens is 248 g/mol. The van der Waals surface area contributed by atoms with Gasteiger partial charge in [-0.3, -0.25) is 4.79 Å². The van der Waals surface area contributed by atoms with Gasteiger partial charge in [0.15, 0.2) is 5.78 Å². The molecule has 0 amide bonds. The van der Waals surface area contributed by atoms with Crippen LogP contribution in [0.1, 0.15) is 59.4 Å². The van der Waals surface area contributed by atoms with Crippen LogP contribution in [0.25, 0.3) is 0 Å². The van der Waals surface area contributed by atoms with E-state index in [0.717, 1.165) is 18.9 Å². The number of hydrogen-bond acceptors (Lipinski definition) is 4. The van der Waals surface area contributed by atoms with Crippen molar-refractivity contribution in [2.24, 2.45) is 0 Å². The van der Waals surface area contributed by atoms with Crippen LogP contribution < -0.4 is 0 Å².